The second kappa shape index (κ2) is 7.35. The summed E-state index contributed by atoms with van der Waals surface area (Å²) in [6.07, 6.45) is 6.08. The number of hydrogen-bond acceptors (Lipinski definition) is 6. The number of nitrogens with zero attached hydrogens (tertiary/aromatic N) is 5. The quantitative estimate of drug-likeness (QED) is 0.516. The third-order valence-electron chi connectivity index (χ3n) is 5.90. The van der Waals surface area contributed by atoms with Gasteiger partial charge in [-0.2, -0.15) is 0 Å². The zero-order chi connectivity index (χ0) is 21.8. The van der Waals surface area contributed by atoms with Crippen LogP contribution in [0.4, 0.5) is 5.95 Å². The van der Waals surface area contributed by atoms with Crippen LogP contribution in [0.2, 0.25) is 0 Å². The van der Waals surface area contributed by atoms with Gasteiger partial charge in [-0.05, 0) is 44.6 Å². The molecule has 4 heterocycles. The maximum absolute atomic E-state index is 11.9. The second-order valence-corrected chi connectivity index (χ2v) is 10.6. The first-order valence-electron chi connectivity index (χ1n) is 10.4. The fourth-order valence-corrected chi connectivity index (χ4v) is 5.13. The lowest BCUT2D eigenvalue weighted by Crippen LogP contribution is -2.26. The van der Waals surface area contributed by atoms with Gasteiger partial charge in [-0.1, -0.05) is 12.1 Å². The minimum Gasteiger partial charge on any atom is -0.345 e. The number of imidazole rings is 1. The first kappa shape index (κ1) is 20.0. The molecule has 8 nitrogen and oxygen atoms in total. The lowest BCUT2D eigenvalue weighted by Gasteiger charge is -2.19. The number of anilines is 1. The van der Waals surface area contributed by atoms with Crippen LogP contribution < -0.4 is 4.90 Å². The Hall–Kier alpha value is -2.91. The van der Waals surface area contributed by atoms with Crippen LogP contribution in [0.15, 0.2) is 47.6 Å². The van der Waals surface area contributed by atoms with Crippen molar-refractivity contribution in [1.29, 1.82) is 0 Å². The van der Waals surface area contributed by atoms with Crippen LogP contribution in [0.5, 0.6) is 0 Å². The van der Waals surface area contributed by atoms with E-state index in [-0.39, 0.29) is 0 Å². The number of aromatic amines is 1. The Morgan fingerprint density at radius 1 is 1.16 bits per heavy atom. The maximum Gasteiger partial charge on any atom is 0.211 e. The molecule has 3 aromatic heterocycles. The zero-order valence-corrected chi connectivity index (χ0v) is 18.7. The lowest BCUT2D eigenvalue weighted by atomic mass is 10.1. The largest absolute Gasteiger partial charge is 0.345 e. The number of benzene rings is 1. The number of aromatic nitrogens is 4. The average Bonchev–Trinajstić information content (AvgIpc) is 3.44. The van der Waals surface area contributed by atoms with E-state index in [2.05, 4.69) is 38.3 Å². The molecule has 0 radical (unpaired) electrons. The molecule has 9 heteroatoms. The summed E-state index contributed by atoms with van der Waals surface area (Å²) in [7, 11) is 0.980. The summed E-state index contributed by atoms with van der Waals surface area (Å²) in [6, 6.07) is 8.94. The molecule has 1 fully saturated rings. The first-order chi connectivity index (χ1) is 14.8. The molecule has 4 aromatic rings. The molecule has 1 saturated heterocycles. The molecule has 162 valence electrons. The van der Waals surface area contributed by atoms with Gasteiger partial charge in [-0.25, -0.2) is 18.4 Å². The molecule has 1 aliphatic heterocycles. The topological polar surface area (TPSA) is 86.6 Å². The lowest BCUT2D eigenvalue weighted by molar-refractivity contribution is 0.340. The number of nitrogens with one attached hydrogen (secondary N) is 1. The number of rotatable bonds is 5. The number of H-pyrrole nitrogens is 1. The van der Waals surface area contributed by atoms with Crippen molar-refractivity contribution in [2.75, 3.05) is 44.9 Å². The summed E-state index contributed by atoms with van der Waals surface area (Å²) in [5.41, 5.74) is 4.38. The fraction of sp³-hybridized carbons (Fsp3) is 0.364. The SMILES string of the molecule is CN(C)CC1CCN(c2nc(-c3ccc(S(C)(=O)=O)cc3)c3cnc4[nH]ccc4n23)C1. The van der Waals surface area contributed by atoms with Crippen molar-refractivity contribution >= 4 is 32.5 Å². The third kappa shape index (κ3) is 3.57. The predicted octanol–water partition coefficient (Wildman–Crippen LogP) is 2.67. The molecular formula is C22H26N6O2S. The van der Waals surface area contributed by atoms with Gasteiger partial charge >= 0.3 is 0 Å². The van der Waals surface area contributed by atoms with Crippen molar-refractivity contribution in [3.8, 4) is 11.3 Å². The van der Waals surface area contributed by atoms with Gasteiger partial charge in [0.05, 0.1) is 27.8 Å². The Labute approximate surface area is 181 Å². The number of fused-ring (bicyclic) bond motifs is 3. The molecule has 1 atom stereocenters. The van der Waals surface area contributed by atoms with Gasteiger partial charge < -0.3 is 14.8 Å². The summed E-state index contributed by atoms with van der Waals surface area (Å²) in [4.78, 5) is 17.7. The summed E-state index contributed by atoms with van der Waals surface area (Å²) in [5, 5.41) is 0. The Morgan fingerprint density at radius 2 is 1.94 bits per heavy atom. The molecule has 0 amide bonds. The van der Waals surface area contributed by atoms with Crippen LogP contribution in [0, 0.1) is 5.92 Å². The van der Waals surface area contributed by atoms with E-state index in [9.17, 15) is 8.42 Å². The number of sulfone groups is 1. The minimum atomic E-state index is -3.24. The molecule has 1 aliphatic rings. The van der Waals surface area contributed by atoms with E-state index >= 15 is 0 Å². The van der Waals surface area contributed by atoms with Crippen molar-refractivity contribution in [3.05, 3.63) is 42.7 Å². The third-order valence-corrected chi connectivity index (χ3v) is 7.03. The van der Waals surface area contributed by atoms with E-state index in [0.29, 0.717) is 10.8 Å². The molecule has 1 aromatic carbocycles. The van der Waals surface area contributed by atoms with Gasteiger partial charge in [-0.15, -0.1) is 0 Å². The van der Waals surface area contributed by atoms with Crippen LogP contribution in [0.1, 0.15) is 6.42 Å². The Kier molecular flexibility index (Phi) is 4.75. The van der Waals surface area contributed by atoms with E-state index in [0.717, 1.165) is 59.9 Å². The van der Waals surface area contributed by atoms with E-state index in [1.807, 2.05) is 30.6 Å². The smallest absolute Gasteiger partial charge is 0.211 e. The Morgan fingerprint density at radius 3 is 2.65 bits per heavy atom. The van der Waals surface area contributed by atoms with Crippen LogP contribution in [-0.4, -0.2) is 72.7 Å². The highest BCUT2D eigenvalue weighted by molar-refractivity contribution is 7.90. The molecule has 0 bridgehead atoms. The van der Waals surface area contributed by atoms with E-state index < -0.39 is 9.84 Å². The van der Waals surface area contributed by atoms with Gasteiger partial charge in [0, 0.05) is 37.7 Å². The van der Waals surface area contributed by atoms with Gasteiger partial charge in [0.25, 0.3) is 0 Å². The monoisotopic (exact) mass is 438 g/mol. The molecule has 0 spiro atoms. The van der Waals surface area contributed by atoms with Crippen LogP contribution in [0.3, 0.4) is 0 Å². The molecular weight excluding hydrogens is 412 g/mol. The number of hydrogen-bond donors (Lipinski definition) is 1. The summed E-state index contributed by atoms with van der Waals surface area (Å²) >= 11 is 0. The van der Waals surface area contributed by atoms with E-state index in [1.165, 1.54) is 6.26 Å². The standard InChI is InChI=1S/C22H26N6O2S/c1-26(2)13-15-9-11-27(14-15)22-25-20(16-4-6-17(7-5-16)31(3,29)30)19-12-24-21-18(28(19)22)8-10-23-21/h4-8,10,12,15,23H,9,11,13-14H2,1-3H3. The highest BCUT2D eigenvalue weighted by Crippen LogP contribution is 2.33. The summed E-state index contributed by atoms with van der Waals surface area (Å²) in [5.74, 6) is 1.51. The Bertz CT molecular complexity index is 1350. The molecule has 5 rings (SSSR count). The van der Waals surface area contributed by atoms with Gasteiger partial charge in [-0.3, -0.25) is 4.40 Å². The van der Waals surface area contributed by atoms with Crippen molar-refractivity contribution < 1.29 is 8.42 Å². The average molecular weight is 439 g/mol. The maximum atomic E-state index is 11.9. The van der Waals surface area contributed by atoms with E-state index in [4.69, 9.17) is 4.98 Å². The van der Waals surface area contributed by atoms with Crippen LogP contribution in [0.25, 0.3) is 27.9 Å². The van der Waals surface area contributed by atoms with Crippen molar-refractivity contribution in [2.24, 2.45) is 5.92 Å². The highest BCUT2D eigenvalue weighted by atomic mass is 32.2. The predicted molar refractivity (Wildman–Crippen MR) is 122 cm³/mol. The van der Waals surface area contributed by atoms with Crippen molar-refractivity contribution in [1.82, 2.24) is 24.3 Å². The first-order valence-corrected chi connectivity index (χ1v) is 12.2. The van der Waals surface area contributed by atoms with Gasteiger partial charge in [0.1, 0.15) is 0 Å². The molecule has 0 aliphatic carbocycles. The molecule has 31 heavy (non-hydrogen) atoms. The fourth-order valence-electron chi connectivity index (χ4n) is 4.50. The molecule has 1 unspecified atom stereocenters. The van der Waals surface area contributed by atoms with Crippen molar-refractivity contribution in [3.63, 3.8) is 0 Å². The highest BCUT2D eigenvalue weighted by Gasteiger charge is 2.28. The van der Waals surface area contributed by atoms with Crippen molar-refractivity contribution in [2.45, 2.75) is 11.3 Å². The second-order valence-electron chi connectivity index (χ2n) is 8.61. The minimum absolute atomic E-state index is 0.303. The zero-order valence-electron chi connectivity index (χ0n) is 17.9. The summed E-state index contributed by atoms with van der Waals surface area (Å²) in [6.45, 7) is 2.97. The van der Waals surface area contributed by atoms with E-state index in [1.54, 1.807) is 12.1 Å². The molecule has 1 N–H and O–H groups in total. The van der Waals surface area contributed by atoms with Gasteiger partial charge in [0.15, 0.2) is 15.5 Å². The van der Waals surface area contributed by atoms with Crippen LogP contribution >= 0.6 is 0 Å². The van der Waals surface area contributed by atoms with Crippen LogP contribution in [-0.2, 0) is 9.84 Å². The van der Waals surface area contributed by atoms with Gasteiger partial charge in [0.2, 0.25) is 5.95 Å². The Balaban J connectivity index is 1.64. The normalized spacial score (nSPS) is 17.4. The molecule has 0 saturated carbocycles. The summed E-state index contributed by atoms with van der Waals surface area (Å²) < 4.78 is 25.9.